The molecule has 0 bridgehead atoms. The first kappa shape index (κ1) is 15.8. The molecule has 0 unspecified atom stereocenters. The highest BCUT2D eigenvalue weighted by Crippen LogP contribution is 2.32. The third kappa shape index (κ3) is 2.38. The van der Waals surface area contributed by atoms with E-state index in [4.69, 9.17) is 17.1 Å². The fourth-order valence-corrected chi connectivity index (χ4v) is 3.20. The van der Waals surface area contributed by atoms with E-state index in [0.717, 1.165) is 22.5 Å². The number of imidazole rings is 1. The Morgan fingerprint density at radius 1 is 1.27 bits per heavy atom. The van der Waals surface area contributed by atoms with Crippen molar-refractivity contribution in [3.05, 3.63) is 77.1 Å². The number of hydrogen-bond acceptors (Lipinski definition) is 4. The van der Waals surface area contributed by atoms with Crippen LogP contribution in [-0.4, -0.2) is 26.2 Å². The average molecular weight is 341 g/mol. The summed E-state index contributed by atoms with van der Waals surface area (Å²) < 4.78 is 1.85. The van der Waals surface area contributed by atoms with Crippen molar-refractivity contribution >= 4 is 11.6 Å². The van der Waals surface area contributed by atoms with Gasteiger partial charge in [-0.1, -0.05) is 12.0 Å². The third-order valence-corrected chi connectivity index (χ3v) is 4.34. The minimum absolute atomic E-state index is 0.218. The molecule has 0 saturated heterocycles. The lowest BCUT2D eigenvalue weighted by atomic mass is 10.0. The number of aliphatic imine (C=N–C) groups is 1. The van der Waals surface area contributed by atoms with Gasteiger partial charge in [0, 0.05) is 17.3 Å². The van der Waals surface area contributed by atoms with Crippen molar-refractivity contribution in [3.63, 3.8) is 0 Å². The molecule has 1 aliphatic rings. The average Bonchev–Trinajstić information content (AvgIpc) is 3.07. The second-order valence-corrected chi connectivity index (χ2v) is 5.96. The predicted octanol–water partition coefficient (Wildman–Crippen LogP) is 2.26. The number of primary amides is 1. The molecule has 2 aromatic heterocycles. The summed E-state index contributed by atoms with van der Waals surface area (Å²) in [5, 5.41) is 0. The van der Waals surface area contributed by atoms with Crippen LogP contribution in [0.2, 0.25) is 0 Å². The maximum atomic E-state index is 11.8. The first-order valence-electron chi connectivity index (χ1n) is 8.08. The summed E-state index contributed by atoms with van der Waals surface area (Å²) in [6, 6.07) is 11.0. The van der Waals surface area contributed by atoms with Gasteiger partial charge in [-0.3, -0.25) is 19.3 Å². The molecule has 26 heavy (non-hydrogen) atoms. The van der Waals surface area contributed by atoms with Crippen molar-refractivity contribution in [2.75, 3.05) is 0 Å². The highest BCUT2D eigenvalue weighted by Gasteiger charge is 2.28. The van der Waals surface area contributed by atoms with Gasteiger partial charge in [0.15, 0.2) is 5.69 Å². The summed E-state index contributed by atoms with van der Waals surface area (Å²) >= 11 is 0. The number of nitrogens with two attached hydrogens (primary N) is 1. The van der Waals surface area contributed by atoms with E-state index in [0.29, 0.717) is 11.4 Å². The van der Waals surface area contributed by atoms with E-state index in [2.05, 4.69) is 15.9 Å². The second kappa shape index (κ2) is 5.97. The van der Waals surface area contributed by atoms with Gasteiger partial charge in [-0.05, 0) is 37.3 Å². The summed E-state index contributed by atoms with van der Waals surface area (Å²) in [6.07, 6.45) is 8.90. The molecule has 2 N–H and O–H groups in total. The molecule has 1 aliphatic heterocycles. The van der Waals surface area contributed by atoms with E-state index < -0.39 is 5.91 Å². The molecule has 6 heteroatoms. The molecule has 1 amide bonds. The fraction of sp³-hybridized carbons (Fsp3) is 0.100. The van der Waals surface area contributed by atoms with E-state index >= 15 is 0 Å². The Morgan fingerprint density at radius 2 is 2.12 bits per heavy atom. The molecular formula is C20H15N5O. The number of rotatable bonds is 2. The number of amides is 1. The Morgan fingerprint density at radius 3 is 2.81 bits per heavy atom. The van der Waals surface area contributed by atoms with E-state index in [1.165, 1.54) is 0 Å². The molecule has 1 aromatic carbocycles. The van der Waals surface area contributed by atoms with Gasteiger partial charge >= 0.3 is 0 Å². The number of benzene rings is 1. The molecule has 0 fully saturated rings. The van der Waals surface area contributed by atoms with Gasteiger partial charge in [-0.2, -0.15) is 0 Å². The van der Waals surface area contributed by atoms with Gasteiger partial charge in [-0.15, -0.1) is 6.42 Å². The molecule has 1 atom stereocenters. The smallest absolute Gasteiger partial charge is 0.269 e. The van der Waals surface area contributed by atoms with Crippen molar-refractivity contribution in [1.82, 2.24) is 14.5 Å². The number of fused-ring (bicyclic) bond motifs is 3. The number of carbonyl (C=O) groups excluding carboxylic acids is 1. The van der Waals surface area contributed by atoms with Crippen LogP contribution in [0.1, 0.15) is 46.0 Å². The Hall–Kier alpha value is -3.72. The van der Waals surface area contributed by atoms with Crippen molar-refractivity contribution in [2.45, 2.75) is 13.0 Å². The SMILES string of the molecule is C#Cc1ccc2c(c1)C(c1ccccn1)=N[C@@H](C)c1c(C(N)=O)ncn1-2. The summed E-state index contributed by atoms with van der Waals surface area (Å²) in [7, 11) is 0. The zero-order chi connectivity index (χ0) is 18.3. The molecule has 0 spiro atoms. The van der Waals surface area contributed by atoms with Crippen LogP contribution in [0.3, 0.4) is 0 Å². The molecule has 6 nitrogen and oxygen atoms in total. The summed E-state index contributed by atoms with van der Waals surface area (Å²) in [5.41, 5.74) is 10.2. The van der Waals surface area contributed by atoms with E-state index in [9.17, 15) is 4.79 Å². The van der Waals surface area contributed by atoms with Crippen LogP contribution in [-0.2, 0) is 0 Å². The molecule has 3 aromatic rings. The number of hydrogen-bond donors (Lipinski definition) is 1. The summed E-state index contributed by atoms with van der Waals surface area (Å²) in [6.45, 7) is 1.90. The van der Waals surface area contributed by atoms with Crippen molar-refractivity contribution < 1.29 is 4.79 Å². The quantitative estimate of drug-likeness (QED) is 0.725. The van der Waals surface area contributed by atoms with Gasteiger partial charge in [0.05, 0.1) is 28.8 Å². The van der Waals surface area contributed by atoms with Crippen LogP contribution in [0, 0.1) is 12.3 Å². The van der Waals surface area contributed by atoms with Gasteiger partial charge in [-0.25, -0.2) is 4.98 Å². The molecule has 3 heterocycles. The van der Waals surface area contributed by atoms with Crippen LogP contribution in [0.4, 0.5) is 0 Å². The van der Waals surface area contributed by atoms with Gasteiger partial charge in [0.2, 0.25) is 0 Å². The number of carbonyl (C=O) groups is 1. The first-order valence-corrected chi connectivity index (χ1v) is 8.08. The summed E-state index contributed by atoms with van der Waals surface area (Å²) in [5.74, 6) is 2.07. The van der Waals surface area contributed by atoms with Crippen molar-refractivity contribution in [2.24, 2.45) is 10.7 Å². The lowest BCUT2D eigenvalue weighted by molar-refractivity contribution is 0.0994. The normalized spacial score (nSPS) is 15.2. The molecule has 0 saturated carbocycles. The lowest BCUT2D eigenvalue weighted by Crippen LogP contribution is -2.15. The van der Waals surface area contributed by atoms with Crippen LogP contribution >= 0.6 is 0 Å². The first-order chi connectivity index (χ1) is 12.6. The zero-order valence-electron chi connectivity index (χ0n) is 14.0. The number of nitrogens with zero attached hydrogens (tertiary/aromatic N) is 4. The minimum atomic E-state index is -0.580. The Bertz CT molecular complexity index is 1090. The van der Waals surface area contributed by atoms with Crippen LogP contribution in [0.25, 0.3) is 5.69 Å². The maximum absolute atomic E-state index is 11.8. The number of pyridine rings is 1. The number of aromatic nitrogens is 3. The van der Waals surface area contributed by atoms with E-state index in [-0.39, 0.29) is 11.7 Å². The van der Waals surface area contributed by atoms with E-state index in [1.54, 1.807) is 12.5 Å². The van der Waals surface area contributed by atoms with E-state index in [1.807, 2.05) is 47.9 Å². The summed E-state index contributed by atoms with van der Waals surface area (Å²) in [4.78, 5) is 25.3. The minimum Gasteiger partial charge on any atom is -0.364 e. The Balaban J connectivity index is 2.06. The number of terminal acetylenes is 1. The van der Waals surface area contributed by atoms with Crippen LogP contribution in [0.15, 0.2) is 53.9 Å². The molecular weight excluding hydrogens is 326 g/mol. The molecule has 126 valence electrons. The zero-order valence-corrected chi connectivity index (χ0v) is 14.0. The van der Waals surface area contributed by atoms with Crippen LogP contribution in [0.5, 0.6) is 0 Å². The highest BCUT2D eigenvalue weighted by atomic mass is 16.1. The standard InChI is InChI=1S/C20H15N5O/c1-3-13-7-8-16-14(10-13)17(15-6-4-5-9-22-15)24-12(2)19-18(20(21)26)23-11-25(16)19/h1,4-12H,2H3,(H2,21,26)/t12-/m0/s1. The predicted molar refractivity (Wildman–Crippen MR) is 98.3 cm³/mol. The third-order valence-electron chi connectivity index (χ3n) is 4.34. The Labute approximate surface area is 150 Å². The lowest BCUT2D eigenvalue weighted by Gasteiger charge is -2.12. The van der Waals surface area contributed by atoms with Crippen molar-refractivity contribution in [1.29, 1.82) is 0 Å². The van der Waals surface area contributed by atoms with Gasteiger partial charge < -0.3 is 5.73 Å². The van der Waals surface area contributed by atoms with Crippen molar-refractivity contribution in [3.8, 4) is 18.0 Å². The van der Waals surface area contributed by atoms with Gasteiger partial charge in [0.25, 0.3) is 5.91 Å². The second-order valence-electron chi connectivity index (χ2n) is 5.96. The maximum Gasteiger partial charge on any atom is 0.269 e. The molecule has 4 rings (SSSR count). The molecule has 0 aliphatic carbocycles. The van der Waals surface area contributed by atoms with Crippen LogP contribution < -0.4 is 5.73 Å². The topological polar surface area (TPSA) is 86.2 Å². The Kier molecular flexibility index (Phi) is 3.63. The van der Waals surface area contributed by atoms with Gasteiger partial charge in [0.1, 0.15) is 6.33 Å². The highest BCUT2D eigenvalue weighted by molar-refractivity contribution is 6.14. The monoisotopic (exact) mass is 341 g/mol. The largest absolute Gasteiger partial charge is 0.364 e. The molecule has 0 radical (unpaired) electrons. The fourth-order valence-electron chi connectivity index (χ4n) is 3.20.